The van der Waals surface area contributed by atoms with Crippen LogP contribution in [0.25, 0.3) is 0 Å². The van der Waals surface area contributed by atoms with Gasteiger partial charge in [0.05, 0.1) is 11.7 Å². The van der Waals surface area contributed by atoms with Crippen LogP contribution in [0.3, 0.4) is 0 Å². The summed E-state index contributed by atoms with van der Waals surface area (Å²) in [5, 5.41) is 21.4. The number of hydrogen-bond acceptors (Lipinski definition) is 3. The van der Waals surface area contributed by atoms with Gasteiger partial charge in [-0.05, 0) is 73.3 Å². The van der Waals surface area contributed by atoms with E-state index in [9.17, 15) is 15.0 Å². The van der Waals surface area contributed by atoms with E-state index in [0.29, 0.717) is 37.3 Å². The van der Waals surface area contributed by atoms with Crippen LogP contribution in [-0.4, -0.2) is 45.8 Å². The first-order valence-electron chi connectivity index (χ1n) is 10.3. The molecule has 2 unspecified atom stereocenters. The number of halogens is 1. The van der Waals surface area contributed by atoms with Crippen LogP contribution < -0.4 is 0 Å². The number of rotatable bonds is 4. The normalized spacial score (nSPS) is 40.3. The summed E-state index contributed by atoms with van der Waals surface area (Å²) in [6.07, 6.45) is 5.79. The molecule has 5 aliphatic rings. The van der Waals surface area contributed by atoms with Gasteiger partial charge in [-0.3, -0.25) is 4.79 Å². The second-order valence-corrected chi connectivity index (χ2v) is 10.1. The summed E-state index contributed by atoms with van der Waals surface area (Å²) in [6, 6.07) is 7.99. The van der Waals surface area contributed by atoms with Gasteiger partial charge in [0.15, 0.2) is 0 Å². The zero-order chi connectivity index (χ0) is 18.8. The van der Waals surface area contributed by atoms with Gasteiger partial charge in [0.25, 0.3) is 0 Å². The number of benzene rings is 1. The van der Waals surface area contributed by atoms with E-state index in [1.165, 1.54) is 0 Å². The van der Waals surface area contributed by atoms with Crippen molar-refractivity contribution in [1.29, 1.82) is 0 Å². The Balaban J connectivity index is 1.48. The van der Waals surface area contributed by atoms with Gasteiger partial charge < -0.3 is 15.1 Å². The van der Waals surface area contributed by atoms with E-state index in [1.807, 2.05) is 18.2 Å². The topological polar surface area (TPSA) is 60.8 Å². The van der Waals surface area contributed by atoms with E-state index in [1.54, 1.807) is 4.90 Å². The first-order valence-corrected chi connectivity index (χ1v) is 10.7. The van der Waals surface area contributed by atoms with Gasteiger partial charge in [-0.2, -0.15) is 0 Å². The number of carbonyl (C=O) groups is 1. The highest BCUT2D eigenvalue weighted by atomic mass is 35.5. The van der Waals surface area contributed by atoms with Crippen LogP contribution >= 0.6 is 11.6 Å². The molecule has 2 atom stereocenters. The maximum Gasteiger partial charge on any atom is 0.223 e. The summed E-state index contributed by atoms with van der Waals surface area (Å²) in [6.45, 7) is 0.922. The van der Waals surface area contributed by atoms with E-state index in [2.05, 4.69) is 6.07 Å². The van der Waals surface area contributed by atoms with Crippen molar-refractivity contribution < 1.29 is 15.0 Å². The molecule has 4 bridgehead atoms. The zero-order valence-electron chi connectivity index (χ0n) is 15.6. The Morgan fingerprint density at radius 3 is 2.41 bits per heavy atom. The van der Waals surface area contributed by atoms with E-state index in [0.717, 1.165) is 49.1 Å². The number of aliphatic hydroxyl groups is 2. The maximum atomic E-state index is 13.0. The van der Waals surface area contributed by atoms with Crippen molar-refractivity contribution in [2.24, 2.45) is 23.2 Å². The molecule has 27 heavy (non-hydrogen) atoms. The molecule has 0 spiro atoms. The highest BCUT2D eigenvalue weighted by Gasteiger charge is 2.62. The average molecular weight is 390 g/mol. The molecule has 1 saturated heterocycles. The van der Waals surface area contributed by atoms with Gasteiger partial charge in [-0.1, -0.05) is 29.8 Å². The monoisotopic (exact) mass is 389 g/mol. The number of β-amino-alcohol motifs (C(OH)–C–C–N with tert-alkyl or cyclic N) is 1. The molecule has 146 valence electrons. The van der Waals surface area contributed by atoms with Crippen LogP contribution in [-0.2, 0) is 11.2 Å². The highest BCUT2D eigenvalue weighted by Crippen LogP contribution is 2.66. The number of hydrogen-bond donors (Lipinski definition) is 2. The number of aliphatic hydroxyl groups excluding tert-OH is 1. The van der Waals surface area contributed by atoms with Crippen LogP contribution in [0.1, 0.15) is 44.1 Å². The lowest BCUT2D eigenvalue weighted by molar-refractivity contribution is -0.198. The summed E-state index contributed by atoms with van der Waals surface area (Å²) in [5.41, 5.74) is 0.484. The Bertz CT molecular complexity index is 744. The summed E-state index contributed by atoms with van der Waals surface area (Å²) in [7, 11) is 0. The molecule has 0 aromatic heterocycles. The van der Waals surface area contributed by atoms with Crippen LogP contribution in [0.4, 0.5) is 0 Å². The van der Waals surface area contributed by atoms with Gasteiger partial charge in [0.1, 0.15) is 0 Å². The molecule has 1 aromatic carbocycles. The summed E-state index contributed by atoms with van der Waals surface area (Å²) >= 11 is 6.51. The van der Waals surface area contributed by atoms with E-state index < -0.39 is 5.60 Å². The van der Waals surface area contributed by atoms with Crippen molar-refractivity contribution in [3.63, 3.8) is 0 Å². The summed E-state index contributed by atoms with van der Waals surface area (Å²) < 4.78 is 0. The highest BCUT2D eigenvalue weighted by molar-refractivity contribution is 6.31. The maximum absolute atomic E-state index is 13.0. The smallest absolute Gasteiger partial charge is 0.223 e. The quantitative estimate of drug-likeness (QED) is 0.832. The summed E-state index contributed by atoms with van der Waals surface area (Å²) in [4.78, 5) is 14.8. The Hall–Kier alpha value is -1.10. The van der Waals surface area contributed by atoms with Gasteiger partial charge >= 0.3 is 0 Å². The molecule has 1 aliphatic heterocycles. The number of amides is 1. The van der Waals surface area contributed by atoms with Gasteiger partial charge in [-0.25, -0.2) is 0 Å². The minimum absolute atomic E-state index is 0.119. The van der Waals surface area contributed by atoms with Crippen molar-refractivity contribution in [3.8, 4) is 0 Å². The number of carbonyl (C=O) groups excluding carboxylic acids is 1. The Kier molecular flexibility index (Phi) is 4.12. The average Bonchev–Trinajstić information content (AvgIpc) is 2.57. The van der Waals surface area contributed by atoms with Crippen LogP contribution in [0.15, 0.2) is 24.3 Å². The van der Waals surface area contributed by atoms with E-state index in [4.69, 9.17) is 11.6 Å². The van der Waals surface area contributed by atoms with Gasteiger partial charge in [-0.15, -0.1) is 0 Å². The molecule has 4 saturated carbocycles. The minimum Gasteiger partial charge on any atom is -0.390 e. The molecule has 5 heteroatoms. The van der Waals surface area contributed by atoms with E-state index >= 15 is 0 Å². The SMILES string of the molecule is O=C(C[C@]1(Cc2ccccc2Cl)C2CC3CC1C[C@](O)(C3)C2)N1CC(O)C1. The molecule has 4 aliphatic carbocycles. The predicted molar refractivity (Wildman–Crippen MR) is 103 cm³/mol. The largest absolute Gasteiger partial charge is 0.390 e. The third-order valence-corrected chi connectivity index (χ3v) is 8.32. The molecule has 6 rings (SSSR count). The molecule has 5 fully saturated rings. The molecule has 1 amide bonds. The Labute approximate surface area is 165 Å². The van der Waals surface area contributed by atoms with Gasteiger partial charge in [0.2, 0.25) is 5.91 Å². The fourth-order valence-electron chi connectivity index (χ4n) is 6.84. The fraction of sp³-hybridized carbons (Fsp3) is 0.682. The standard InChI is InChI=1S/C22H28ClNO3/c23-19-4-2-1-3-15(19)8-22(11-20(26)24-12-18(25)13-24)16-5-14-6-17(22)10-21(27,7-14)9-16/h1-4,14,16-18,25,27H,5-13H2/t14?,16?,17?,21-,22+. The van der Waals surface area contributed by atoms with Gasteiger partial charge in [0, 0.05) is 24.5 Å². The Morgan fingerprint density at radius 2 is 1.81 bits per heavy atom. The fourth-order valence-corrected chi connectivity index (χ4v) is 7.04. The minimum atomic E-state index is -0.517. The molecule has 1 heterocycles. The first-order chi connectivity index (χ1) is 12.9. The summed E-state index contributed by atoms with van der Waals surface area (Å²) in [5.74, 6) is 1.51. The predicted octanol–water partition coefficient (Wildman–Crippen LogP) is 3.03. The second-order valence-electron chi connectivity index (χ2n) is 9.70. The number of likely N-dealkylation sites (tertiary alicyclic amines) is 1. The molecule has 0 radical (unpaired) electrons. The van der Waals surface area contributed by atoms with Crippen LogP contribution in [0, 0.1) is 23.2 Å². The molecular weight excluding hydrogens is 362 g/mol. The first kappa shape index (κ1) is 18.0. The van der Waals surface area contributed by atoms with Crippen LogP contribution in [0.2, 0.25) is 5.02 Å². The third-order valence-electron chi connectivity index (χ3n) is 7.96. The number of nitrogens with zero attached hydrogens (tertiary/aromatic N) is 1. The lowest BCUT2D eigenvalue weighted by atomic mass is 9.42. The molecular formula is C22H28ClNO3. The third kappa shape index (κ3) is 2.92. The second kappa shape index (κ2) is 6.20. The molecule has 1 aromatic rings. The zero-order valence-corrected chi connectivity index (χ0v) is 16.4. The lowest BCUT2D eigenvalue weighted by Gasteiger charge is -2.64. The van der Waals surface area contributed by atoms with Crippen molar-refractivity contribution in [1.82, 2.24) is 4.90 Å². The van der Waals surface area contributed by atoms with Crippen molar-refractivity contribution in [3.05, 3.63) is 34.9 Å². The van der Waals surface area contributed by atoms with E-state index in [-0.39, 0.29) is 17.4 Å². The molecule has 4 nitrogen and oxygen atoms in total. The lowest BCUT2D eigenvalue weighted by Crippen LogP contribution is -2.62. The van der Waals surface area contributed by atoms with Crippen molar-refractivity contribution in [2.45, 2.75) is 56.7 Å². The van der Waals surface area contributed by atoms with Crippen molar-refractivity contribution in [2.75, 3.05) is 13.1 Å². The van der Waals surface area contributed by atoms with Crippen LogP contribution in [0.5, 0.6) is 0 Å². The van der Waals surface area contributed by atoms with Crippen molar-refractivity contribution >= 4 is 17.5 Å². The Morgan fingerprint density at radius 1 is 1.15 bits per heavy atom. The molecule has 2 N–H and O–H groups in total.